The highest BCUT2D eigenvalue weighted by molar-refractivity contribution is 9.10. The van der Waals surface area contributed by atoms with E-state index in [1.807, 2.05) is 0 Å². The highest BCUT2D eigenvalue weighted by Crippen LogP contribution is 2.27. The van der Waals surface area contributed by atoms with Crippen LogP contribution in [0.4, 0.5) is 0 Å². The zero-order valence-corrected chi connectivity index (χ0v) is 12.6. The molecule has 104 valence electrons. The number of hydrogen-bond acceptors (Lipinski definition) is 4. The Morgan fingerprint density at radius 2 is 2.16 bits per heavy atom. The number of rotatable bonds is 6. The molecule has 0 aromatic heterocycles. The summed E-state index contributed by atoms with van der Waals surface area (Å²) in [5.41, 5.74) is 0. The molecule has 1 N–H and O–H groups in total. The van der Waals surface area contributed by atoms with Gasteiger partial charge in [0, 0.05) is 4.47 Å². The van der Waals surface area contributed by atoms with Crippen molar-refractivity contribution in [2.75, 3.05) is 19.8 Å². The van der Waals surface area contributed by atoms with Gasteiger partial charge in [0.15, 0.2) is 6.61 Å². The van der Waals surface area contributed by atoms with Gasteiger partial charge in [-0.05, 0) is 25.1 Å². The maximum absolute atomic E-state index is 11.4. The lowest BCUT2D eigenvalue weighted by Gasteiger charge is -2.08. The van der Waals surface area contributed by atoms with Gasteiger partial charge in [0.05, 0.1) is 11.6 Å². The van der Waals surface area contributed by atoms with E-state index in [0.29, 0.717) is 10.8 Å². The zero-order valence-electron chi connectivity index (χ0n) is 10.2. The molecule has 0 atom stereocenters. The Hall–Kier alpha value is -1.27. The van der Waals surface area contributed by atoms with Crippen LogP contribution < -0.4 is 10.1 Å². The van der Waals surface area contributed by atoms with E-state index < -0.39 is 11.9 Å². The highest BCUT2D eigenvalue weighted by atomic mass is 79.9. The monoisotopic (exact) mass is 349 g/mol. The van der Waals surface area contributed by atoms with Gasteiger partial charge in [-0.25, -0.2) is 0 Å². The molecule has 0 spiro atoms. The minimum atomic E-state index is -0.488. The standard InChI is InChI=1S/C12H13BrClNO4/c1-2-18-12(17)6-15-11(16)7-19-10-4-3-8(13)5-9(10)14/h3-5H,2,6-7H2,1H3,(H,15,16). The van der Waals surface area contributed by atoms with E-state index in [4.69, 9.17) is 16.3 Å². The van der Waals surface area contributed by atoms with Gasteiger partial charge in [0.2, 0.25) is 0 Å². The Morgan fingerprint density at radius 1 is 1.42 bits per heavy atom. The molecule has 0 fully saturated rings. The van der Waals surface area contributed by atoms with Gasteiger partial charge < -0.3 is 14.8 Å². The van der Waals surface area contributed by atoms with Crippen molar-refractivity contribution in [3.8, 4) is 5.75 Å². The van der Waals surface area contributed by atoms with Crippen molar-refractivity contribution >= 4 is 39.4 Å². The first-order valence-electron chi connectivity index (χ1n) is 5.53. The van der Waals surface area contributed by atoms with E-state index in [0.717, 1.165) is 4.47 Å². The van der Waals surface area contributed by atoms with Crippen molar-refractivity contribution in [2.24, 2.45) is 0 Å². The summed E-state index contributed by atoms with van der Waals surface area (Å²) in [5.74, 6) is -0.513. The van der Waals surface area contributed by atoms with E-state index >= 15 is 0 Å². The van der Waals surface area contributed by atoms with Crippen molar-refractivity contribution < 1.29 is 19.1 Å². The van der Waals surface area contributed by atoms with Crippen LogP contribution in [0.15, 0.2) is 22.7 Å². The Balaban J connectivity index is 2.36. The quantitative estimate of drug-likeness (QED) is 0.799. The molecule has 0 aliphatic rings. The van der Waals surface area contributed by atoms with E-state index in [1.165, 1.54) is 0 Å². The second-order valence-electron chi connectivity index (χ2n) is 3.45. The predicted octanol–water partition coefficient (Wildman–Crippen LogP) is 2.16. The molecule has 0 aliphatic heterocycles. The number of hydrogen-bond donors (Lipinski definition) is 1. The molecule has 5 nitrogen and oxygen atoms in total. The van der Waals surface area contributed by atoms with Gasteiger partial charge in [0.1, 0.15) is 12.3 Å². The normalized spacial score (nSPS) is 9.84. The molecule has 1 amide bonds. The summed E-state index contributed by atoms with van der Waals surface area (Å²) in [5, 5.41) is 2.77. The lowest BCUT2D eigenvalue weighted by Crippen LogP contribution is -2.34. The summed E-state index contributed by atoms with van der Waals surface area (Å²) >= 11 is 9.18. The Kier molecular flexibility index (Phi) is 6.66. The van der Waals surface area contributed by atoms with Crippen LogP contribution in [0.5, 0.6) is 5.75 Å². The molecule has 0 radical (unpaired) electrons. The summed E-state index contributed by atoms with van der Waals surface area (Å²) in [6.45, 7) is 1.57. The second-order valence-corrected chi connectivity index (χ2v) is 4.77. The van der Waals surface area contributed by atoms with Crippen LogP contribution in [-0.2, 0) is 14.3 Å². The van der Waals surface area contributed by atoms with E-state index in [1.54, 1.807) is 25.1 Å². The van der Waals surface area contributed by atoms with Crippen LogP contribution in [0.3, 0.4) is 0 Å². The minimum absolute atomic E-state index is 0.176. The van der Waals surface area contributed by atoms with Gasteiger partial charge in [-0.2, -0.15) is 0 Å². The largest absolute Gasteiger partial charge is 0.482 e. The molecular formula is C12H13BrClNO4. The summed E-state index contributed by atoms with van der Waals surface area (Å²) in [6, 6.07) is 5.05. The molecule has 7 heteroatoms. The van der Waals surface area contributed by atoms with Gasteiger partial charge in [-0.3, -0.25) is 9.59 Å². The summed E-state index contributed by atoms with van der Waals surface area (Å²) < 4.78 is 10.7. The van der Waals surface area contributed by atoms with Crippen molar-refractivity contribution in [3.63, 3.8) is 0 Å². The van der Waals surface area contributed by atoms with Crippen LogP contribution in [-0.4, -0.2) is 31.6 Å². The fourth-order valence-electron chi connectivity index (χ4n) is 1.17. The highest BCUT2D eigenvalue weighted by Gasteiger charge is 2.08. The summed E-state index contributed by atoms with van der Waals surface area (Å²) in [4.78, 5) is 22.4. The van der Waals surface area contributed by atoms with Crippen LogP contribution >= 0.6 is 27.5 Å². The molecule has 19 heavy (non-hydrogen) atoms. The maximum atomic E-state index is 11.4. The topological polar surface area (TPSA) is 64.6 Å². The van der Waals surface area contributed by atoms with Gasteiger partial charge in [-0.1, -0.05) is 27.5 Å². The third-order valence-electron chi connectivity index (χ3n) is 1.99. The summed E-state index contributed by atoms with van der Waals surface area (Å²) in [7, 11) is 0. The Morgan fingerprint density at radius 3 is 2.79 bits per heavy atom. The number of halogens is 2. The smallest absolute Gasteiger partial charge is 0.325 e. The number of ether oxygens (including phenoxy) is 2. The van der Waals surface area contributed by atoms with Crippen LogP contribution in [0.2, 0.25) is 5.02 Å². The Labute approximate surface area is 124 Å². The zero-order chi connectivity index (χ0) is 14.3. The number of carbonyl (C=O) groups is 2. The lowest BCUT2D eigenvalue weighted by atomic mass is 10.3. The van der Waals surface area contributed by atoms with E-state index in [9.17, 15) is 9.59 Å². The van der Waals surface area contributed by atoms with Crippen molar-refractivity contribution in [3.05, 3.63) is 27.7 Å². The number of carbonyl (C=O) groups excluding carboxylic acids is 2. The molecule has 0 saturated heterocycles. The average molecular weight is 351 g/mol. The fourth-order valence-corrected chi connectivity index (χ4v) is 1.90. The van der Waals surface area contributed by atoms with E-state index in [2.05, 4.69) is 26.0 Å². The molecule has 1 rings (SSSR count). The molecule has 0 heterocycles. The minimum Gasteiger partial charge on any atom is -0.482 e. The molecule has 1 aromatic rings. The fraction of sp³-hybridized carbons (Fsp3) is 0.333. The predicted molar refractivity (Wildman–Crippen MR) is 74.3 cm³/mol. The molecule has 0 unspecified atom stereocenters. The first-order chi connectivity index (χ1) is 9.02. The van der Waals surface area contributed by atoms with Crippen molar-refractivity contribution in [2.45, 2.75) is 6.92 Å². The molecule has 1 aromatic carbocycles. The van der Waals surface area contributed by atoms with Gasteiger partial charge >= 0.3 is 5.97 Å². The molecule has 0 saturated carbocycles. The molecule has 0 bridgehead atoms. The molecule has 0 aliphatic carbocycles. The third kappa shape index (κ3) is 5.94. The first kappa shape index (κ1) is 15.8. The first-order valence-corrected chi connectivity index (χ1v) is 6.70. The maximum Gasteiger partial charge on any atom is 0.325 e. The average Bonchev–Trinajstić information content (AvgIpc) is 2.35. The van der Waals surface area contributed by atoms with Crippen molar-refractivity contribution in [1.82, 2.24) is 5.32 Å². The SMILES string of the molecule is CCOC(=O)CNC(=O)COc1ccc(Br)cc1Cl. The van der Waals surface area contributed by atoms with E-state index in [-0.39, 0.29) is 19.8 Å². The third-order valence-corrected chi connectivity index (χ3v) is 2.78. The lowest BCUT2D eigenvalue weighted by molar-refractivity contribution is -0.143. The van der Waals surface area contributed by atoms with Crippen molar-refractivity contribution in [1.29, 1.82) is 0 Å². The number of amides is 1. The van der Waals surface area contributed by atoms with Gasteiger partial charge in [0.25, 0.3) is 5.91 Å². The summed E-state index contributed by atoms with van der Waals surface area (Å²) in [6.07, 6.45) is 0. The van der Waals surface area contributed by atoms with Crippen LogP contribution in [0, 0.1) is 0 Å². The number of benzene rings is 1. The Bertz CT molecular complexity index is 467. The number of nitrogens with one attached hydrogen (secondary N) is 1. The number of esters is 1. The van der Waals surface area contributed by atoms with Gasteiger partial charge in [-0.15, -0.1) is 0 Å². The molecular weight excluding hydrogens is 337 g/mol. The second kappa shape index (κ2) is 8.01. The van der Waals surface area contributed by atoms with Crippen LogP contribution in [0.1, 0.15) is 6.92 Å². The van der Waals surface area contributed by atoms with Crippen LogP contribution in [0.25, 0.3) is 0 Å².